The summed E-state index contributed by atoms with van der Waals surface area (Å²) in [6, 6.07) is 15.3. The van der Waals surface area contributed by atoms with Crippen molar-refractivity contribution in [3.05, 3.63) is 59.2 Å². The van der Waals surface area contributed by atoms with E-state index in [1.165, 1.54) is 12.0 Å². The van der Waals surface area contributed by atoms with Crippen LogP contribution in [0.15, 0.2) is 42.5 Å². The summed E-state index contributed by atoms with van der Waals surface area (Å²) in [6.45, 7) is 4.95. The van der Waals surface area contributed by atoms with Crippen LogP contribution in [-0.4, -0.2) is 24.9 Å². The molecule has 1 aliphatic carbocycles. The highest BCUT2D eigenvalue weighted by atomic mass is 16.1. The molecule has 0 saturated heterocycles. The van der Waals surface area contributed by atoms with Crippen LogP contribution in [0.3, 0.4) is 0 Å². The fraction of sp³-hybridized carbons (Fsp3) is 0.400. The molecule has 4 rings (SSSR count). The molecule has 160 valence electrons. The Hall–Kier alpha value is -3.33. The molecule has 6 nitrogen and oxygen atoms in total. The molecule has 2 aromatic rings. The molecule has 0 spiro atoms. The summed E-state index contributed by atoms with van der Waals surface area (Å²) >= 11 is 0. The van der Waals surface area contributed by atoms with Gasteiger partial charge in [-0.3, -0.25) is 9.59 Å². The van der Waals surface area contributed by atoms with Crippen molar-refractivity contribution in [1.82, 2.24) is 5.32 Å². The van der Waals surface area contributed by atoms with E-state index in [1.54, 1.807) is 24.3 Å². The zero-order valence-electron chi connectivity index (χ0n) is 17.9. The summed E-state index contributed by atoms with van der Waals surface area (Å²) in [5, 5.41) is 18.7. The van der Waals surface area contributed by atoms with E-state index in [0.29, 0.717) is 41.6 Å². The summed E-state index contributed by atoms with van der Waals surface area (Å²) in [7, 11) is 0. The molecule has 31 heavy (non-hydrogen) atoms. The maximum atomic E-state index is 12.7. The zero-order chi connectivity index (χ0) is 22.0. The molecular formula is C25H28N4O2. The first kappa shape index (κ1) is 20.9. The van der Waals surface area contributed by atoms with E-state index in [4.69, 9.17) is 0 Å². The third kappa shape index (κ3) is 4.13. The third-order valence-corrected chi connectivity index (χ3v) is 6.81. The number of hydrogen-bond acceptors (Lipinski definition) is 4. The second-order valence-corrected chi connectivity index (χ2v) is 9.25. The van der Waals surface area contributed by atoms with E-state index in [2.05, 4.69) is 35.9 Å². The van der Waals surface area contributed by atoms with Crippen molar-refractivity contribution in [2.24, 2.45) is 11.3 Å². The summed E-state index contributed by atoms with van der Waals surface area (Å²) in [4.78, 5) is 23.2. The van der Waals surface area contributed by atoms with Gasteiger partial charge in [0.25, 0.3) is 5.91 Å². The molecule has 6 heteroatoms. The molecule has 1 heterocycles. The molecular weight excluding hydrogens is 388 g/mol. The number of fused-ring (bicyclic) bond motifs is 3. The Labute approximate surface area is 183 Å². The van der Waals surface area contributed by atoms with Gasteiger partial charge in [0.05, 0.1) is 11.6 Å². The first-order valence-electron chi connectivity index (χ1n) is 10.8. The fourth-order valence-corrected chi connectivity index (χ4v) is 5.20. The highest BCUT2D eigenvalue weighted by Gasteiger charge is 2.45. The molecule has 1 aliphatic heterocycles. The van der Waals surface area contributed by atoms with Crippen molar-refractivity contribution < 1.29 is 9.59 Å². The molecule has 2 aromatic carbocycles. The fourth-order valence-electron chi connectivity index (χ4n) is 5.20. The number of nitriles is 1. The number of amides is 2. The number of rotatable bonds is 6. The highest BCUT2D eigenvalue weighted by Crippen LogP contribution is 2.51. The smallest absolute Gasteiger partial charge is 0.251 e. The molecule has 1 fully saturated rings. The van der Waals surface area contributed by atoms with Gasteiger partial charge in [-0.05, 0) is 72.7 Å². The molecule has 0 aromatic heterocycles. The number of anilines is 2. The molecule has 2 aliphatic rings. The predicted molar refractivity (Wildman–Crippen MR) is 121 cm³/mol. The lowest BCUT2D eigenvalue weighted by atomic mass is 9.69. The molecule has 1 saturated carbocycles. The minimum absolute atomic E-state index is 0.122. The third-order valence-electron chi connectivity index (χ3n) is 6.81. The Morgan fingerprint density at radius 1 is 1.23 bits per heavy atom. The molecule has 3 unspecified atom stereocenters. The predicted octanol–water partition coefficient (Wildman–Crippen LogP) is 4.26. The van der Waals surface area contributed by atoms with Crippen molar-refractivity contribution >= 4 is 23.7 Å². The van der Waals surface area contributed by atoms with Crippen LogP contribution in [0.5, 0.6) is 0 Å². The van der Waals surface area contributed by atoms with Gasteiger partial charge in [-0.2, -0.15) is 5.26 Å². The van der Waals surface area contributed by atoms with Gasteiger partial charge in [0.1, 0.15) is 0 Å². The van der Waals surface area contributed by atoms with Crippen LogP contribution in [-0.2, 0) is 4.79 Å². The van der Waals surface area contributed by atoms with E-state index >= 15 is 0 Å². The van der Waals surface area contributed by atoms with Crippen LogP contribution in [0.1, 0.15) is 60.5 Å². The number of carbonyl (C=O) groups is 2. The SMILES string of the molecule is CC(C)(CNC(=O)c1ccc(NC=O)cc1)C1Nc2ccc(C#N)cc2C2CCCC21. The van der Waals surface area contributed by atoms with Crippen molar-refractivity contribution in [2.45, 2.75) is 45.1 Å². The Morgan fingerprint density at radius 2 is 2.00 bits per heavy atom. The summed E-state index contributed by atoms with van der Waals surface area (Å²) in [6.07, 6.45) is 4.10. The normalized spacial score (nSPS) is 21.8. The van der Waals surface area contributed by atoms with Crippen LogP contribution in [0.2, 0.25) is 0 Å². The summed E-state index contributed by atoms with van der Waals surface area (Å²) in [5.41, 5.74) is 4.16. The molecule has 3 N–H and O–H groups in total. The van der Waals surface area contributed by atoms with Crippen LogP contribution < -0.4 is 16.0 Å². The average Bonchev–Trinajstić information content (AvgIpc) is 3.27. The van der Waals surface area contributed by atoms with Gasteiger partial charge in [0.15, 0.2) is 0 Å². The van der Waals surface area contributed by atoms with Gasteiger partial charge in [-0.1, -0.05) is 20.3 Å². The molecule has 2 amide bonds. The lowest BCUT2D eigenvalue weighted by Gasteiger charge is -2.45. The largest absolute Gasteiger partial charge is 0.381 e. The van der Waals surface area contributed by atoms with E-state index in [9.17, 15) is 14.9 Å². The first-order valence-corrected chi connectivity index (χ1v) is 10.8. The second kappa shape index (κ2) is 8.43. The van der Waals surface area contributed by atoms with Crippen LogP contribution in [0, 0.1) is 22.7 Å². The van der Waals surface area contributed by atoms with Gasteiger partial charge in [-0.25, -0.2) is 0 Å². The van der Waals surface area contributed by atoms with Crippen molar-refractivity contribution in [3.63, 3.8) is 0 Å². The second-order valence-electron chi connectivity index (χ2n) is 9.25. The summed E-state index contributed by atoms with van der Waals surface area (Å²) < 4.78 is 0. The zero-order valence-corrected chi connectivity index (χ0v) is 17.9. The monoisotopic (exact) mass is 416 g/mol. The first-order chi connectivity index (χ1) is 14.9. The van der Waals surface area contributed by atoms with Crippen LogP contribution >= 0.6 is 0 Å². The van der Waals surface area contributed by atoms with Crippen molar-refractivity contribution in [1.29, 1.82) is 5.26 Å². The Kier molecular flexibility index (Phi) is 5.69. The quantitative estimate of drug-likeness (QED) is 0.613. The maximum Gasteiger partial charge on any atom is 0.251 e. The molecule has 3 atom stereocenters. The minimum Gasteiger partial charge on any atom is -0.381 e. The maximum absolute atomic E-state index is 12.7. The molecule has 0 bridgehead atoms. The van der Waals surface area contributed by atoms with E-state index in [-0.39, 0.29) is 17.4 Å². The number of nitrogens with one attached hydrogen (secondary N) is 3. The Morgan fingerprint density at radius 3 is 2.71 bits per heavy atom. The topological polar surface area (TPSA) is 94.0 Å². The van der Waals surface area contributed by atoms with Crippen molar-refractivity contribution in [3.8, 4) is 6.07 Å². The Bertz CT molecular complexity index is 1020. The van der Waals surface area contributed by atoms with Crippen LogP contribution in [0.4, 0.5) is 11.4 Å². The van der Waals surface area contributed by atoms with E-state index in [1.807, 2.05) is 18.2 Å². The number of nitrogens with zero attached hydrogens (tertiary/aromatic N) is 1. The van der Waals surface area contributed by atoms with Crippen LogP contribution in [0.25, 0.3) is 0 Å². The highest BCUT2D eigenvalue weighted by molar-refractivity contribution is 5.94. The van der Waals surface area contributed by atoms with Gasteiger partial charge in [0, 0.05) is 34.9 Å². The number of benzene rings is 2. The average molecular weight is 417 g/mol. The van der Waals surface area contributed by atoms with Gasteiger partial charge in [0.2, 0.25) is 6.41 Å². The van der Waals surface area contributed by atoms with E-state index in [0.717, 1.165) is 18.5 Å². The molecule has 0 radical (unpaired) electrons. The summed E-state index contributed by atoms with van der Waals surface area (Å²) in [5.74, 6) is 0.827. The lowest BCUT2D eigenvalue weighted by Crippen LogP contribution is -2.51. The van der Waals surface area contributed by atoms with Gasteiger partial charge < -0.3 is 16.0 Å². The number of hydrogen-bond donors (Lipinski definition) is 3. The van der Waals surface area contributed by atoms with Crippen molar-refractivity contribution in [2.75, 3.05) is 17.2 Å². The van der Waals surface area contributed by atoms with E-state index < -0.39 is 0 Å². The number of carbonyl (C=O) groups excluding carboxylic acids is 2. The Balaban J connectivity index is 1.48. The van der Waals surface area contributed by atoms with Gasteiger partial charge >= 0.3 is 0 Å². The standard InChI is InChI=1S/C25H28N4O2/c1-25(2,14-27-24(31)17-7-9-18(10-8-17)28-15-30)23-20-5-3-4-19(20)21-12-16(13-26)6-11-22(21)29-23/h6-12,15,19-20,23,29H,3-5,14H2,1-2H3,(H,27,31)(H,28,30). The minimum atomic E-state index is -0.159. The lowest BCUT2D eigenvalue weighted by molar-refractivity contribution is -0.105. The van der Waals surface area contributed by atoms with Gasteiger partial charge in [-0.15, -0.1) is 0 Å².